The lowest BCUT2D eigenvalue weighted by molar-refractivity contribution is -0.0258. The summed E-state index contributed by atoms with van der Waals surface area (Å²) in [6, 6.07) is 11.8. The molecule has 1 saturated heterocycles. The van der Waals surface area contributed by atoms with E-state index >= 15 is 0 Å². The predicted octanol–water partition coefficient (Wildman–Crippen LogP) is 3.32. The van der Waals surface area contributed by atoms with E-state index in [-0.39, 0.29) is 15.5 Å². The van der Waals surface area contributed by atoms with Crippen molar-refractivity contribution in [3.05, 3.63) is 58.6 Å². The summed E-state index contributed by atoms with van der Waals surface area (Å²) >= 11 is 8.03. The molecular weight excluding hydrogens is 446 g/mol. The van der Waals surface area contributed by atoms with Crippen molar-refractivity contribution in [2.45, 2.75) is 11.4 Å². The summed E-state index contributed by atoms with van der Waals surface area (Å²) in [5.74, 6) is 1.80. The van der Waals surface area contributed by atoms with Gasteiger partial charge in [-0.1, -0.05) is 34.3 Å². The molecule has 0 aliphatic carbocycles. The molecule has 0 spiro atoms. The van der Waals surface area contributed by atoms with Gasteiger partial charge in [-0.25, -0.2) is 8.42 Å². The Kier molecular flexibility index (Phi) is 7.78. The molecule has 2 aromatic rings. The van der Waals surface area contributed by atoms with Crippen molar-refractivity contribution in [2.24, 2.45) is 0 Å². The number of thioether (sulfide) groups is 1. The molecule has 10 heteroatoms. The maximum absolute atomic E-state index is 12.9. The van der Waals surface area contributed by atoms with Crippen LogP contribution in [0.2, 0.25) is 5.02 Å². The third-order valence-corrected chi connectivity index (χ3v) is 7.93. The van der Waals surface area contributed by atoms with Crippen LogP contribution in [-0.4, -0.2) is 62.4 Å². The van der Waals surface area contributed by atoms with E-state index in [0.29, 0.717) is 10.2 Å². The first kappa shape index (κ1) is 23.1. The van der Waals surface area contributed by atoms with E-state index in [4.69, 9.17) is 16.4 Å². The van der Waals surface area contributed by atoms with Crippen molar-refractivity contribution >= 4 is 45.0 Å². The molecule has 1 heterocycles. The van der Waals surface area contributed by atoms with Crippen LogP contribution in [0.1, 0.15) is 15.9 Å². The lowest BCUT2D eigenvalue weighted by Crippen LogP contribution is -2.32. The number of benzene rings is 2. The van der Waals surface area contributed by atoms with Gasteiger partial charge in [-0.05, 0) is 29.8 Å². The van der Waals surface area contributed by atoms with Gasteiger partial charge in [-0.15, -0.1) is 0 Å². The van der Waals surface area contributed by atoms with Crippen LogP contribution in [0.3, 0.4) is 0 Å². The molecule has 0 saturated carbocycles. The van der Waals surface area contributed by atoms with Crippen LogP contribution < -0.4 is 5.32 Å². The highest BCUT2D eigenvalue weighted by Crippen LogP contribution is 2.26. The summed E-state index contributed by atoms with van der Waals surface area (Å²) in [6.07, 6.45) is 0. The number of rotatable bonds is 7. The Bertz CT molecular complexity index is 1010. The smallest absolute Gasteiger partial charge is 0.266 e. The number of hydrogen-bond acceptors (Lipinski definition) is 6. The quantitative estimate of drug-likeness (QED) is 0.627. The second-order valence-electron chi connectivity index (χ2n) is 6.74. The molecular formula is C20H24ClN3O4S2. The molecule has 0 radical (unpaired) electrons. The molecule has 0 atom stereocenters. The van der Waals surface area contributed by atoms with E-state index in [9.17, 15) is 13.2 Å². The third kappa shape index (κ3) is 5.35. The summed E-state index contributed by atoms with van der Waals surface area (Å²) < 4.78 is 25.8. The fraction of sp³-hybridized carbons (Fsp3) is 0.350. The molecule has 2 aromatic carbocycles. The highest BCUT2D eigenvalue weighted by atomic mass is 35.5. The first-order valence-electron chi connectivity index (χ1n) is 9.35. The Hall–Kier alpha value is -1.62. The summed E-state index contributed by atoms with van der Waals surface area (Å²) in [5.41, 5.74) is 1.90. The Morgan fingerprint density at radius 3 is 2.63 bits per heavy atom. The van der Waals surface area contributed by atoms with Crippen LogP contribution in [0.4, 0.5) is 5.69 Å². The monoisotopic (exact) mass is 469 g/mol. The number of para-hydroxylation sites is 1. The number of nitrogens with zero attached hydrogens (tertiary/aromatic N) is 2. The minimum Gasteiger partial charge on any atom is -0.322 e. The first-order valence-corrected chi connectivity index (χ1v) is 12.3. The van der Waals surface area contributed by atoms with Crippen LogP contribution in [0.15, 0.2) is 47.4 Å². The molecule has 1 aliphatic rings. The minimum absolute atomic E-state index is 0.0128. The second kappa shape index (κ2) is 10.1. The largest absolute Gasteiger partial charge is 0.322 e. The van der Waals surface area contributed by atoms with Gasteiger partial charge < -0.3 is 5.32 Å². The van der Waals surface area contributed by atoms with Gasteiger partial charge in [0.1, 0.15) is 4.90 Å². The lowest BCUT2D eigenvalue weighted by atomic mass is 10.1. The molecule has 162 valence electrons. The fourth-order valence-corrected chi connectivity index (χ4v) is 5.51. The van der Waals surface area contributed by atoms with Gasteiger partial charge in [0.05, 0.1) is 12.1 Å². The summed E-state index contributed by atoms with van der Waals surface area (Å²) in [4.78, 5) is 19.8. The third-order valence-electron chi connectivity index (χ3n) is 4.83. The van der Waals surface area contributed by atoms with Crippen molar-refractivity contribution < 1.29 is 18.0 Å². The summed E-state index contributed by atoms with van der Waals surface area (Å²) in [5, 5.41) is 2.92. The Labute approximate surface area is 186 Å². The number of amides is 1. The topological polar surface area (TPSA) is 78.9 Å². The zero-order valence-corrected chi connectivity index (χ0v) is 19.2. The number of sulfonamides is 1. The van der Waals surface area contributed by atoms with Gasteiger partial charge in [0.2, 0.25) is 0 Å². The van der Waals surface area contributed by atoms with Crippen LogP contribution in [0.5, 0.6) is 0 Å². The van der Waals surface area contributed by atoms with Crippen LogP contribution in [0, 0.1) is 0 Å². The Balaban J connectivity index is 1.83. The standard InChI is InChI=1S/C20H24ClN3O4S2/c1-23(28-2)30(26,27)19-13-15(7-8-17(19)21)20(25)22-18-6-4-3-5-16(18)14-24-9-11-29-12-10-24/h3-8,13H,9-12,14H2,1-2H3,(H,22,25). The van der Waals surface area contributed by atoms with Gasteiger partial charge in [0, 0.05) is 49.4 Å². The molecule has 1 amide bonds. The highest BCUT2D eigenvalue weighted by Gasteiger charge is 2.25. The minimum atomic E-state index is -3.99. The molecule has 30 heavy (non-hydrogen) atoms. The van der Waals surface area contributed by atoms with Gasteiger partial charge >= 0.3 is 0 Å². The summed E-state index contributed by atoms with van der Waals surface area (Å²) in [7, 11) is -1.49. The van der Waals surface area contributed by atoms with Crippen molar-refractivity contribution in [2.75, 3.05) is 44.1 Å². The Morgan fingerprint density at radius 1 is 1.23 bits per heavy atom. The predicted molar refractivity (Wildman–Crippen MR) is 120 cm³/mol. The second-order valence-corrected chi connectivity index (χ2v) is 10.3. The molecule has 0 unspecified atom stereocenters. The SMILES string of the molecule is CON(C)S(=O)(=O)c1cc(C(=O)Nc2ccccc2CN2CCSCC2)ccc1Cl. The average Bonchev–Trinajstić information content (AvgIpc) is 2.75. The van der Waals surface area contributed by atoms with E-state index in [1.807, 2.05) is 36.0 Å². The molecule has 3 rings (SSSR count). The van der Waals surface area contributed by atoms with Gasteiger partial charge in [-0.2, -0.15) is 11.8 Å². The van der Waals surface area contributed by atoms with E-state index in [1.165, 1.54) is 32.4 Å². The Morgan fingerprint density at radius 2 is 1.93 bits per heavy atom. The number of nitrogens with one attached hydrogen (secondary N) is 1. The van der Waals surface area contributed by atoms with Crippen LogP contribution in [-0.2, 0) is 21.4 Å². The van der Waals surface area contributed by atoms with E-state index in [1.54, 1.807) is 0 Å². The zero-order chi connectivity index (χ0) is 21.7. The lowest BCUT2D eigenvalue weighted by Gasteiger charge is -2.27. The van der Waals surface area contributed by atoms with Crippen LogP contribution in [0.25, 0.3) is 0 Å². The van der Waals surface area contributed by atoms with Gasteiger partial charge in [-0.3, -0.25) is 14.5 Å². The molecule has 0 aromatic heterocycles. The normalized spacial score (nSPS) is 15.3. The van der Waals surface area contributed by atoms with Gasteiger partial charge in [0.15, 0.2) is 0 Å². The number of hydrogen-bond donors (Lipinski definition) is 1. The zero-order valence-electron chi connectivity index (χ0n) is 16.8. The highest BCUT2D eigenvalue weighted by molar-refractivity contribution is 7.99. The molecule has 1 N–H and O–H groups in total. The number of anilines is 1. The van der Waals surface area contributed by atoms with Crippen molar-refractivity contribution in [1.82, 2.24) is 9.37 Å². The maximum Gasteiger partial charge on any atom is 0.266 e. The fourth-order valence-electron chi connectivity index (χ4n) is 3.05. The molecule has 1 fully saturated rings. The van der Waals surface area contributed by atoms with E-state index < -0.39 is 15.9 Å². The van der Waals surface area contributed by atoms with Crippen molar-refractivity contribution in [3.8, 4) is 0 Å². The van der Waals surface area contributed by atoms with Crippen LogP contribution >= 0.6 is 23.4 Å². The number of carbonyl (C=O) groups excluding carboxylic acids is 1. The first-order chi connectivity index (χ1) is 14.3. The molecule has 1 aliphatic heterocycles. The summed E-state index contributed by atoms with van der Waals surface area (Å²) in [6.45, 7) is 2.77. The maximum atomic E-state index is 12.9. The number of hydroxylamine groups is 1. The number of carbonyl (C=O) groups is 1. The molecule has 0 bridgehead atoms. The average molecular weight is 470 g/mol. The molecule has 7 nitrogen and oxygen atoms in total. The van der Waals surface area contributed by atoms with E-state index in [0.717, 1.165) is 36.7 Å². The van der Waals surface area contributed by atoms with Gasteiger partial charge in [0.25, 0.3) is 15.9 Å². The van der Waals surface area contributed by atoms with E-state index in [2.05, 4.69) is 10.2 Å². The number of halogens is 1. The van der Waals surface area contributed by atoms with Crippen molar-refractivity contribution in [1.29, 1.82) is 0 Å². The van der Waals surface area contributed by atoms with Crippen molar-refractivity contribution in [3.63, 3.8) is 0 Å².